The maximum atomic E-state index is 12.3. The Hall–Kier alpha value is -2.23. The van der Waals surface area contributed by atoms with Gasteiger partial charge in [-0.2, -0.15) is 0 Å². The van der Waals surface area contributed by atoms with Crippen molar-refractivity contribution in [2.75, 3.05) is 18.2 Å². The van der Waals surface area contributed by atoms with E-state index in [0.29, 0.717) is 39.7 Å². The minimum atomic E-state index is -0.156. The number of carbonyl (C=O) groups excluding carboxylic acids is 1. The molecule has 164 valence electrons. The summed E-state index contributed by atoms with van der Waals surface area (Å²) in [5, 5.41) is 12.5. The molecule has 10 heteroatoms. The zero-order chi connectivity index (χ0) is 22.4. The lowest BCUT2D eigenvalue weighted by molar-refractivity contribution is -0.113. The Kier molecular flexibility index (Phi) is 8.22. The summed E-state index contributed by atoms with van der Waals surface area (Å²) in [4.78, 5) is 12.3. The van der Waals surface area contributed by atoms with Crippen LogP contribution in [0.15, 0.2) is 46.0 Å². The van der Waals surface area contributed by atoms with E-state index >= 15 is 0 Å². The Morgan fingerprint density at radius 3 is 2.74 bits per heavy atom. The van der Waals surface area contributed by atoms with E-state index in [1.807, 2.05) is 36.6 Å². The third-order valence-electron chi connectivity index (χ3n) is 4.32. The SMILES string of the molecule is CCn1c(COc2ccc(C)cc2OC)nnc1SCC(=O)Nc1ccc(Br)c(Cl)c1. The Bertz CT molecular complexity index is 1080. The number of rotatable bonds is 9. The van der Waals surface area contributed by atoms with E-state index in [2.05, 4.69) is 31.4 Å². The van der Waals surface area contributed by atoms with Crippen LogP contribution in [0.2, 0.25) is 5.02 Å². The van der Waals surface area contributed by atoms with Gasteiger partial charge in [0.1, 0.15) is 6.61 Å². The summed E-state index contributed by atoms with van der Waals surface area (Å²) in [6, 6.07) is 11.0. The van der Waals surface area contributed by atoms with Gasteiger partial charge in [0.05, 0.1) is 17.9 Å². The quantitative estimate of drug-likeness (QED) is 0.380. The van der Waals surface area contributed by atoms with Crippen molar-refractivity contribution < 1.29 is 14.3 Å². The molecule has 0 aliphatic heterocycles. The van der Waals surface area contributed by atoms with Gasteiger partial charge in [-0.1, -0.05) is 29.4 Å². The number of carbonyl (C=O) groups is 1. The van der Waals surface area contributed by atoms with Gasteiger partial charge in [0.2, 0.25) is 5.91 Å². The zero-order valence-electron chi connectivity index (χ0n) is 17.3. The lowest BCUT2D eigenvalue weighted by Gasteiger charge is -2.12. The average Bonchev–Trinajstić information content (AvgIpc) is 3.15. The number of amides is 1. The Morgan fingerprint density at radius 2 is 2.03 bits per heavy atom. The fourth-order valence-electron chi connectivity index (χ4n) is 2.79. The summed E-state index contributed by atoms with van der Waals surface area (Å²) in [5.74, 6) is 2.02. The van der Waals surface area contributed by atoms with E-state index in [-0.39, 0.29) is 18.3 Å². The molecule has 1 N–H and O–H groups in total. The van der Waals surface area contributed by atoms with Crippen LogP contribution in [0.25, 0.3) is 0 Å². The normalized spacial score (nSPS) is 10.7. The molecular formula is C21H22BrClN4O3S. The Balaban J connectivity index is 1.60. The molecule has 7 nitrogen and oxygen atoms in total. The summed E-state index contributed by atoms with van der Waals surface area (Å²) >= 11 is 10.7. The summed E-state index contributed by atoms with van der Waals surface area (Å²) in [6.07, 6.45) is 0. The van der Waals surface area contributed by atoms with Crippen LogP contribution in [0.4, 0.5) is 5.69 Å². The smallest absolute Gasteiger partial charge is 0.234 e. The number of nitrogens with one attached hydrogen (secondary N) is 1. The van der Waals surface area contributed by atoms with Crippen molar-refractivity contribution in [3.05, 3.63) is 57.3 Å². The van der Waals surface area contributed by atoms with Crippen molar-refractivity contribution in [1.82, 2.24) is 14.8 Å². The number of ether oxygens (including phenoxy) is 2. The Labute approximate surface area is 198 Å². The molecule has 0 fully saturated rings. The number of benzene rings is 2. The maximum absolute atomic E-state index is 12.3. The molecule has 3 rings (SSSR count). The molecule has 31 heavy (non-hydrogen) atoms. The van der Waals surface area contributed by atoms with Gasteiger partial charge in [-0.15, -0.1) is 10.2 Å². The number of hydrogen-bond acceptors (Lipinski definition) is 6. The molecule has 0 aliphatic rings. The number of methoxy groups -OCH3 is 1. The van der Waals surface area contributed by atoms with E-state index < -0.39 is 0 Å². The highest BCUT2D eigenvalue weighted by atomic mass is 79.9. The summed E-state index contributed by atoms with van der Waals surface area (Å²) in [5.41, 5.74) is 1.72. The van der Waals surface area contributed by atoms with Gasteiger partial charge in [0.15, 0.2) is 22.5 Å². The second-order valence-corrected chi connectivity index (χ2v) is 8.76. The van der Waals surface area contributed by atoms with Crippen LogP contribution < -0.4 is 14.8 Å². The van der Waals surface area contributed by atoms with Crippen LogP contribution in [0.3, 0.4) is 0 Å². The highest BCUT2D eigenvalue weighted by molar-refractivity contribution is 9.10. The lowest BCUT2D eigenvalue weighted by atomic mass is 10.2. The van der Waals surface area contributed by atoms with Gasteiger partial charge < -0.3 is 19.4 Å². The maximum Gasteiger partial charge on any atom is 0.234 e. The fourth-order valence-corrected chi connectivity index (χ4v) is 4.04. The minimum Gasteiger partial charge on any atom is -0.493 e. The second kappa shape index (κ2) is 10.9. The first kappa shape index (κ1) is 23.4. The topological polar surface area (TPSA) is 78.3 Å². The predicted octanol–water partition coefficient (Wildman–Crippen LogP) is 5.34. The number of hydrogen-bond donors (Lipinski definition) is 1. The molecule has 3 aromatic rings. The Morgan fingerprint density at radius 1 is 1.23 bits per heavy atom. The standard InChI is InChI=1S/C21H22BrClN4O3S/c1-4-27-19(11-30-17-8-5-13(2)9-18(17)29-3)25-26-21(27)31-12-20(28)24-14-6-7-15(22)16(23)10-14/h5-10H,4,11-12H2,1-3H3,(H,24,28). The van der Waals surface area contributed by atoms with Crippen molar-refractivity contribution in [2.24, 2.45) is 0 Å². The predicted molar refractivity (Wildman–Crippen MR) is 126 cm³/mol. The monoisotopic (exact) mass is 524 g/mol. The second-order valence-electron chi connectivity index (χ2n) is 6.55. The van der Waals surface area contributed by atoms with Crippen LogP contribution in [-0.4, -0.2) is 33.5 Å². The average molecular weight is 526 g/mol. The van der Waals surface area contributed by atoms with Crippen LogP contribution in [-0.2, 0) is 17.9 Å². The van der Waals surface area contributed by atoms with E-state index in [4.69, 9.17) is 21.1 Å². The highest BCUT2D eigenvalue weighted by Gasteiger charge is 2.15. The third kappa shape index (κ3) is 6.15. The first-order valence-corrected chi connectivity index (χ1v) is 11.6. The van der Waals surface area contributed by atoms with Gasteiger partial charge in [-0.3, -0.25) is 4.79 Å². The van der Waals surface area contributed by atoms with E-state index in [9.17, 15) is 4.79 Å². The number of halogens is 2. The number of aromatic nitrogens is 3. The molecule has 1 amide bonds. The molecule has 0 spiro atoms. The number of aryl methyl sites for hydroxylation is 1. The molecule has 0 radical (unpaired) electrons. The number of anilines is 1. The minimum absolute atomic E-state index is 0.156. The molecule has 0 aliphatic carbocycles. The van der Waals surface area contributed by atoms with Crippen LogP contribution in [0, 0.1) is 6.92 Å². The largest absolute Gasteiger partial charge is 0.493 e. The van der Waals surface area contributed by atoms with Gasteiger partial charge in [0.25, 0.3) is 0 Å². The van der Waals surface area contributed by atoms with Crippen LogP contribution in [0.5, 0.6) is 11.5 Å². The molecular weight excluding hydrogens is 504 g/mol. The van der Waals surface area contributed by atoms with Crippen LogP contribution >= 0.6 is 39.3 Å². The highest BCUT2D eigenvalue weighted by Crippen LogP contribution is 2.29. The molecule has 0 bridgehead atoms. The third-order valence-corrected chi connectivity index (χ3v) is 6.52. The summed E-state index contributed by atoms with van der Waals surface area (Å²) < 4.78 is 14.0. The van der Waals surface area contributed by atoms with E-state index in [0.717, 1.165) is 10.0 Å². The molecule has 0 unspecified atom stereocenters. The van der Waals surface area contributed by atoms with Gasteiger partial charge >= 0.3 is 0 Å². The fraction of sp³-hybridized carbons (Fsp3) is 0.286. The molecule has 0 saturated heterocycles. The molecule has 1 heterocycles. The summed E-state index contributed by atoms with van der Waals surface area (Å²) in [6.45, 7) is 4.88. The van der Waals surface area contributed by atoms with Crippen molar-refractivity contribution >= 4 is 50.9 Å². The van der Waals surface area contributed by atoms with E-state index in [1.54, 1.807) is 25.3 Å². The summed E-state index contributed by atoms with van der Waals surface area (Å²) in [7, 11) is 1.61. The molecule has 0 atom stereocenters. The van der Waals surface area contributed by atoms with Gasteiger partial charge in [-0.05, 0) is 65.7 Å². The first-order chi connectivity index (χ1) is 14.9. The first-order valence-electron chi connectivity index (χ1n) is 9.48. The molecule has 1 aromatic heterocycles. The number of nitrogens with zero attached hydrogens (tertiary/aromatic N) is 3. The van der Waals surface area contributed by atoms with Crippen molar-refractivity contribution in [3.8, 4) is 11.5 Å². The van der Waals surface area contributed by atoms with Crippen molar-refractivity contribution in [2.45, 2.75) is 32.2 Å². The lowest BCUT2D eigenvalue weighted by Crippen LogP contribution is -2.15. The van der Waals surface area contributed by atoms with Crippen molar-refractivity contribution in [1.29, 1.82) is 0 Å². The zero-order valence-corrected chi connectivity index (χ0v) is 20.5. The van der Waals surface area contributed by atoms with E-state index in [1.165, 1.54) is 11.8 Å². The van der Waals surface area contributed by atoms with Gasteiger partial charge in [-0.25, -0.2) is 0 Å². The van der Waals surface area contributed by atoms with Gasteiger partial charge in [0, 0.05) is 16.7 Å². The van der Waals surface area contributed by atoms with Crippen molar-refractivity contribution in [3.63, 3.8) is 0 Å². The number of thioether (sulfide) groups is 1. The molecule has 2 aromatic carbocycles. The van der Waals surface area contributed by atoms with Crippen LogP contribution in [0.1, 0.15) is 18.3 Å². The molecule has 0 saturated carbocycles.